The Morgan fingerprint density at radius 1 is 1.47 bits per heavy atom. The Morgan fingerprint density at radius 3 is 2.84 bits per heavy atom. The first-order valence-corrected chi connectivity index (χ1v) is 5.32. The van der Waals surface area contributed by atoms with Crippen LogP contribution in [0.5, 0.6) is 0 Å². The first-order valence-electron chi connectivity index (χ1n) is 5.32. The summed E-state index contributed by atoms with van der Waals surface area (Å²) >= 11 is 0. The van der Waals surface area contributed by atoms with Crippen LogP contribution in [0.4, 0.5) is 8.78 Å². The summed E-state index contributed by atoms with van der Waals surface area (Å²) in [5, 5.41) is 3.79. The molecule has 2 rings (SSSR count). The molecule has 6 nitrogen and oxygen atoms in total. The van der Waals surface area contributed by atoms with Gasteiger partial charge in [0.1, 0.15) is 6.54 Å². The minimum atomic E-state index is -2.57. The van der Waals surface area contributed by atoms with E-state index in [-0.39, 0.29) is 5.69 Å². The highest BCUT2D eigenvalue weighted by Crippen LogP contribution is 2.21. The molecule has 0 spiro atoms. The predicted molar refractivity (Wildman–Crippen MR) is 60.6 cm³/mol. The molecule has 0 radical (unpaired) electrons. The number of hydrogen-bond acceptors (Lipinski definition) is 5. The Bertz CT molecular complexity index is 571. The van der Waals surface area contributed by atoms with Gasteiger partial charge in [0.2, 0.25) is 0 Å². The number of hydrogen-bond donors (Lipinski definition) is 0. The van der Waals surface area contributed by atoms with Gasteiger partial charge in [0.15, 0.2) is 5.69 Å². The number of aromatic nitrogens is 4. The molecule has 2 aromatic rings. The minimum Gasteiger partial charge on any atom is -0.464 e. The second kappa shape index (κ2) is 5.51. The first kappa shape index (κ1) is 13.1. The molecule has 0 saturated carbocycles. The highest BCUT2D eigenvalue weighted by atomic mass is 19.3. The summed E-state index contributed by atoms with van der Waals surface area (Å²) in [7, 11) is 1.19. The maximum absolute atomic E-state index is 12.3. The van der Waals surface area contributed by atoms with E-state index in [1.807, 2.05) is 0 Å². The van der Waals surface area contributed by atoms with E-state index in [0.717, 1.165) is 4.68 Å². The highest BCUT2D eigenvalue weighted by molar-refractivity contribution is 5.94. The topological polar surface area (TPSA) is 69.9 Å². The van der Waals surface area contributed by atoms with Crippen LogP contribution >= 0.6 is 0 Å². The zero-order chi connectivity index (χ0) is 13.8. The third kappa shape index (κ3) is 2.90. The van der Waals surface area contributed by atoms with Gasteiger partial charge in [-0.05, 0) is 0 Å². The summed E-state index contributed by atoms with van der Waals surface area (Å²) in [6.45, 7) is -0.607. The lowest BCUT2D eigenvalue weighted by molar-refractivity contribution is 0.0591. The maximum atomic E-state index is 12.3. The van der Waals surface area contributed by atoms with E-state index in [9.17, 15) is 13.6 Å². The van der Waals surface area contributed by atoms with E-state index in [2.05, 4.69) is 19.8 Å². The smallest absolute Gasteiger partial charge is 0.359 e. The van der Waals surface area contributed by atoms with Crippen molar-refractivity contribution in [2.75, 3.05) is 7.11 Å². The van der Waals surface area contributed by atoms with Gasteiger partial charge in [-0.3, -0.25) is 14.6 Å². The molecule has 0 unspecified atom stereocenters. The van der Waals surface area contributed by atoms with E-state index in [1.165, 1.54) is 31.9 Å². The van der Waals surface area contributed by atoms with Gasteiger partial charge in [-0.2, -0.15) is 5.10 Å². The summed E-state index contributed by atoms with van der Waals surface area (Å²) < 4.78 is 30.2. The molecule has 0 atom stereocenters. The van der Waals surface area contributed by atoms with Gasteiger partial charge in [0.25, 0.3) is 6.43 Å². The number of methoxy groups -OCH3 is 1. The molecular formula is C11H10F2N4O2. The summed E-state index contributed by atoms with van der Waals surface area (Å²) in [5.41, 5.74) is 0.604. The molecule has 2 heterocycles. The fourth-order valence-corrected chi connectivity index (χ4v) is 1.53. The quantitative estimate of drug-likeness (QED) is 0.784. The molecule has 8 heteroatoms. The van der Waals surface area contributed by atoms with Crippen molar-refractivity contribution in [3.8, 4) is 11.3 Å². The molecule has 0 saturated heterocycles. The second-order valence-electron chi connectivity index (χ2n) is 3.59. The van der Waals surface area contributed by atoms with Crippen molar-refractivity contribution in [2.24, 2.45) is 0 Å². The monoisotopic (exact) mass is 268 g/mol. The number of nitrogens with zero attached hydrogens (tertiary/aromatic N) is 4. The van der Waals surface area contributed by atoms with Crippen molar-refractivity contribution in [2.45, 2.75) is 13.0 Å². The van der Waals surface area contributed by atoms with E-state index in [0.29, 0.717) is 11.3 Å². The zero-order valence-electron chi connectivity index (χ0n) is 9.96. The third-order valence-corrected chi connectivity index (χ3v) is 2.30. The number of esters is 1. The highest BCUT2D eigenvalue weighted by Gasteiger charge is 2.20. The Balaban J connectivity index is 2.45. The van der Waals surface area contributed by atoms with Crippen molar-refractivity contribution < 1.29 is 18.3 Å². The van der Waals surface area contributed by atoms with Crippen molar-refractivity contribution >= 4 is 5.97 Å². The summed E-state index contributed by atoms with van der Waals surface area (Å²) in [5.74, 6) is -0.714. The third-order valence-electron chi connectivity index (χ3n) is 2.30. The Labute approximate surface area is 107 Å². The van der Waals surface area contributed by atoms with Gasteiger partial charge in [-0.1, -0.05) is 0 Å². The molecule has 0 aromatic carbocycles. The number of ether oxygens (including phenoxy) is 1. The Kier molecular flexibility index (Phi) is 3.79. The number of rotatable bonds is 4. The largest absolute Gasteiger partial charge is 0.464 e. The van der Waals surface area contributed by atoms with Crippen LogP contribution in [0.3, 0.4) is 0 Å². The molecular weight excluding hydrogens is 258 g/mol. The Hall–Kier alpha value is -2.38. The van der Waals surface area contributed by atoms with Gasteiger partial charge in [0, 0.05) is 18.6 Å². The van der Waals surface area contributed by atoms with Crippen molar-refractivity contribution in [3.05, 3.63) is 30.5 Å². The van der Waals surface area contributed by atoms with Crippen LogP contribution in [-0.2, 0) is 11.3 Å². The fourth-order valence-electron chi connectivity index (χ4n) is 1.53. The lowest BCUT2D eigenvalue weighted by Gasteiger charge is -1.98. The van der Waals surface area contributed by atoms with Gasteiger partial charge in [-0.25, -0.2) is 13.6 Å². The lowest BCUT2D eigenvalue weighted by atomic mass is 10.2. The van der Waals surface area contributed by atoms with E-state index < -0.39 is 18.9 Å². The first-order chi connectivity index (χ1) is 9.11. The van der Waals surface area contributed by atoms with Gasteiger partial charge < -0.3 is 4.74 Å². The standard InChI is InChI=1S/C11H10F2N4O2/c1-19-11(18)10-7(8-4-14-2-3-15-8)5-17(16-10)6-9(12)13/h2-5,9H,6H2,1H3. The summed E-state index contributed by atoms with van der Waals surface area (Å²) in [4.78, 5) is 19.4. The molecule has 19 heavy (non-hydrogen) atoms. The van der Waals surface area contributed by atoms with Gasteiger partial charge >= 0.3 is 5.97 Å². The zero-order valence-corrected chi connectivity index (χ0v) is 9.96. The molecule has 0 bridgehead atoms. The van der Waals surface area contributed by atoms with Crippen LogP contribution in [0.25, 0.3) is 11.3 Å². The summed E-state index contributed by atoms with van der Waals surface area (Å²) in [6, 6.07) is 0. The van der Waals surface area contributed by atoms with Gasteiger partial charge in [-0.15, -0.1) is 0 Å². The minimum absolute atomic E-state index is 0.0661. The van der Waals surface area contributed by atoms with Crippen LogP contribution in [0.1, 0.15) is 10.5 Å². The van der Waals surface area contributed by atoms with Crippen molar-refractivity contribution in [1.82, 2.24) is 19.7 Å². The van der Waals surface area contributed by atoms with Crippen LogP contribution in [0.2, 0.25) is 0 Å². The number of halogens is 2. The summed E-state index contributed by atoms with van der Waals surface area (Å²) in [6.07, 6.45) is 3.06. The van der Waals surface area contributed by atoms with E-state index >= 15 is 0 Å². The van der Waals surface area contributed by atoms with Crippen LogP contribution < -0.4 is 0 Å². The van der Waals surface area contributed by atoms with Crippen molar-refractivity contribution in [3.63, 3.8) is 0 Å². The fraction of sp³-hybridized carbons (Fsp3) is 0.273. The van der Waals surface area contributed by atoms with E-state index in [1.54, 1.807) is 0 Å². The molecule has 100 valence electrons. The second-order valence-corrected chi connectivity index (χ2v) is 3.59. The van der Waals surface area contributed by atoms with Crippen LogP contribution in [0.15, 0.2) is 24.8 Å². The molecule has 0 amide bonds. The van der Waals surface area contributed by atoms with E-state index in [4.69, 9.17) is 0 Å². The number of alkyl halides is 2. The van der Waals surface area contributed by atoms with Crippen LogP contribution in [-0.4, -0.2) is 39.3 Å². The number of carbonyl (C=O) groups is 1. The molecule has 0 fully saturated rings. The average molecular weight is 268 g/mol. The van der Waals surface area contributed by atoms with Gasteiger partial charge in [0.05, 0.1) is 24.6 Å². The molecule has 2 aromatic heterocycles. The molecule has 0 aliphatic carbocycles. The average Bonchev–Trinajstić information content (AvgIpc) is 2.82. The predicted octanol–water partition coefficient (Wildman–Crippen LogP) is 1.39. The number of carbonyl (C=O) groups excluding carboxylic acids is 1. The SMILES string of the molecule is COC(=O)c1nn(CC(F)F)cc1-c1cnccn1. The normalized spacial score (nSPS) is 10.7. The molecule has 0 aliphatic heterocycles. The van der Waals surface area contributed by atoms with Crippen LogP contribution in [0, 0.1) is 0 Å². The van der Waals surface area contributed by atoms with Crippen molar-refractivity contribution in [1.29, 1.82) is 0 Å². The molecule has 0 aliphatic rings. The lowest BCUT2D eigenvalue weighted by Crippen LogP contribution is -2.09. The Morgan fingerprint density at radius 2 is 2.26 bits per heavy atom. The maximum Gasteiger partial charge on any atom is 0.359 e. The molecule has 0 N–H and O–H groups in total.